The number of aromatic nitrogens is 3. The third kappa shape index (κ3) is 3.41. The first kappa shape index (κ1) is 15.5. The maximum atomic E-state index is 12.2. The van der Waals surface area contributed by atoms with Crippen LogP contribution in [0.15, 0.2) is 35.6 Å². The van der Waals surface area contributed by atoms with Crippen LogP contribution < -0.4 is 16.5 Å². The molecule has 0 aliphatic rings. The van der Waals surface area contributed by atoms with E-state index in [9.17, 15) is 4.79 Å². The quantitative estimate of drug-likeness (QED) is 0.501. The van der Waals surface area contributed by atoms with E-state index in [1.807, 2.05) is 0 Å². The smallest absolute Gasteiger partial charge is 0.289 e. The van der Waals surface area contributed by atoms with Crippen molar-refractivity contribution >= 4 is 29.2 Å². The molecule has 0 aliphatic heterocycles. The van der Waals surface area contributed by atoms with E-state index in [1.54, 1.807) is 31.2 Å². The molecule has 1 aromatic carbocycles. The first-order valence-electron chi connectivity index (χ1n) is 6.06. The maximum Gasteiger partial charge on any atom is 0.357 e. The van der Waals surface area contributed by atoms with Crippen LogP contribution in [-0.4, -0.2) is 21.1 Å². The number of hydrazine groups is 1. The molecular weight excluding hydrogens is 313 g/mol. The zero-order valence-electron chi connectivity index (χ0n) is 11.2. The van der Waals surface area contributed by atoms with Gasteiger partial charge in [-0.15, -0.1) is 6.58 Å². The Kier molecular flexibility index (Phi) is 4.95. The van der Waals surface area contributed by atoms with Crippen LogP contribution in [0.5, 0.6) is 0 Å². The van der Waals surface area contributed by atoms with Crippen molar-refractivity contribution in [2.75, 3.05) is 12.0 Å². The number of rotatable bonds is 5. The summed E-state index contributed by atoms with van der Waals surface area (Å²) in [4.78, 5) is 20.2. The molecule has 1 heterocycles. The third-order valence-corrected chi connectivity index (χ3v) is 3.20. The Bertz CT molecular complexity index is 709. The fraction of sp³-hybridized carbons (Fsp3) is 0.154. The number of hydrogen-bond acceptors (Lipinski definition) is 5. The molecule has 21 heavy (non-hydrogen) atoms. The Morgan fingerprint density at radius 3 is 2.57 bits per heavy atom. The highest BCUT2D eigenvalue weighted by Gasteiger charge is 2.14. The maximum absolute atomic E-state index is 12.2. The molecule has 0 aliphatic carbocycles. The topological polar surface area (TPSA) is 71.8 Å². The van der Waals surface area contributed by atoms with Crippen LogP contribution in [0.4, 0.5) is 5.95 Å². The van der Waals surface area contributed by atoms with E-state index in [4.69, 9.17) is 23.2 Å². The molecule has 0 saturated heterocycles. The summed E-state index contributed by atoms with van der Waals surface area (Å²) < 4.78 is 1.27. The lowest BCUT2D eigenvalue weighted by molar-refractivity contribution is 0.785. The van der Waals surface area contributed by atoms with Gasteiger partial charge in [0.15, 0.2) is 0 Å². The zero-order chi connectivity index (χ0) is 15.4. The molecule has 8 heteroatoms. The minimum atomic E-state index is -0.527. The Labute approximate surface area is 131 Å². The van der Waals surface area contributed by atoms with Crippen molar-refractivity contribution in [1.29, 1.82) is 0 Å². The normalized spacial score (nSPS) is 10.4. The molecule has 1 aromatic heterocycles. The van der Waals surface area contributed by atoms with E-state index in [0.717, 1.165) is 0 Å². The van der Waals surface area contributed by atoms with Crippen LogP contribution in [0, 0.1) is 6.92 Å². The number of benzene rings is 1. The SMILES string of the molecule is C=CCNNc1nc(C)n(-c2c(Cl)cccc2Cl)c(=O)n1. The summed E-state index contributed by atoms with van der Waals surface area (Å²) in [5.41, 5.74) is 5.35. The second-order valence-corrected chi connectivity index (χ2v) is 4.89. The first-order chi connectivity index (χ1) is 10.0. The molecule has 6 nitrogen and oxygen atoms in total. The van der Waals surface area contributed by atoms with E-state index < -0.39 is 5.69 Å². The van der Waals surface area contributed by atoms with Gasteiger partial charge in [-0.25, -0.2) is 14.8 Å². The van der Waals surface area contributed by atoms with Crippen molar-refractivity contribution in [2.45, 2.75) is 6.92 Å². The molecule has 0 spiro atoms. The van der Waals surface area contributed by atoms with Gasteiger partial charge in [-0.2, -0.15) is 9.97 Å². The molecule has 0 unspecified atom stereocenters. The van der Waals surface area contributed by atoms with Gasteiger partial charge in [0, 0.05) is 6.54 Å². The second-order valence-electron chi connectivity index (χ2n) is 4.08. The molecule has 0 fully saturated rings. The summed E-state index contributed by atoms with van der Waals surface area (Å²) in [5, 5.41) is 0.698. The first-order valence-corrected chi connectivity index (χ1v) is 6.82. The number of anilines is 1. The average molecular weight is 326 g/mol. The lowest BCUT2D eigenvalue weighted by Crippen LogP contribution is -2.30. The highest BCUT2D eigenvalue weighted by molar-refractivity contribution is 6.37. The number of nitrogens with zero attached hydrogens (tertiary/aromatic N) is 3. The van der Waals surface area contributed by atoms with Gasteiger partial charge in [-0.3, -0.25) is 5.43 Å². The molecule has 0 radical (unpaired) electrons. The predicted molar refractivity (Wildman–Crippen MR) is 84.2 cm³/mol. The fourth-order valence-corrected chi connectivity index (χ4v) is 2.29. The van der Waals surface area contributed by atoms with Crippen LogP contribution in [-0.2, 0) is 0 Å². The Morgan fingerprint density at radius 2 is 2.00 bits per heavy atom. The van der Waals surface area contributed by atoms with Crippen LogP contribution >= 0.6 is 23.2 Å². The number of halogens is 2. The minimum Gasteiger partial charge on any atom is -0.289 e. The van der Waals surface area contributed by atoms with Crippen LogP contribution in [0.3, 0.4) is 0 Å². The van der Waals surface area contributed by atoms with Crippen molar-refractivity contribution in [1.82, 2.24) is 20.0 Å². The van der Waals surface area contributed by atoms with Gasteiger partial charge in [0.2, 0.25) is 5.95 Å². The minimum absolute atomic E-state index is 0.166. The summed E-state index contributed by atoms with van der Waals surface area (Å²) in [6.07, 6.45) is 1.66. The molecule has 0 atom stereocenters. The number of aryl methyl sites for hydroxylation is 1. The Balaban J connectivity index is 2.47. The molecule has 110 valence electrons. The second kappa shape index (κ2) is 6.71. The lowest BCUT2D eigenvalue weighted by Gasteiger charge is -2.13. The van der Waals surface area contributed by atoms with E-state index in [0.29, 0.717) is 28.1 Å². The standard InChI is InChI=1S/C13H13Cl2N5O/c1-3-7-16-19-12-17-8(2)20(13(21)18-12)11-9(14)5-4-6-10(11)15/h3-6,16H,1,7H2,2H3,(H,18,19,21). The van der Waals surface area contributed by atoms with Crippen LogP contribution in [0.25, 0.3) is 5.69 Å². The molecular formula is C13H13Cl2N5O. The fourth-order valence-electron chi connectivity index (χ4n) is 1.73. The molecule has 2 rings (SSSR count). The average Bonchev–Trinajstić information content (AvgIpc) is 2.41. The van der Waals surface area contributed by atoms with Gasteiger partial charge >= 0.3 is 5.69 Å². The summed E-state index contributed by atoms with van der Waals surface area (Å²) in [6, 6.07) is 4.99. The Morgan fingerprint density at radius 1 is 1.33 bits per heavy atom. The Hall–Kier alpha value is -1.89. The molecule has 0 amide bonds. The van der Waals surface area contributed by atoms with E-state index in [1.165, 1.54) is 4.57 Å². The highest BCUT2D eigenvalue weighted by atomic mass is 35.5. The lowest BCUT2D eigenvalue weighted by atomic mass is 10.3. The molecule has 0 bridgehead atoms. The van der Waals surface area contributed by atoms with Crippen molar-refractivity contribution in [3.8, 4) is 5.69 Å². The van der Waals surface area contributed by atoms with Crippen molar-refractivity contribution < 1.29 is 0 Å². The van der Waals surface area contributed by atoms with Gasteiger partial charge in [0.05, 0.1) is 15.7 Å². The number of nitrogens with one attached hydrogen (secondary N) is 2. The van der Waals surface area contributed by atoms with E-state index >= 15 is 0 Å². The summed E-state index contributed by atoms with van der Waals surface area (Å²) in [7, 11) is 0. The van der Waals surface area contributed by atoms with Gasteiger partial charge in [0.1, 0.15) is 5.82 Å². The van der Waals surface area contributed by atoms with E-state index in [2.05, 4.69) is 27.4 Å². The monoisotopic (exact) mass is 325 g/mol. The van der Waals surface area contributed by atoms with Crippen molar-refractivity contribution in [3.63, 3.8) is 0 Å². The summed E-state index contributed by atoms with van der Waals surface area (Å²) >= 11 is 12.2. The van der Waals surface area contributed by atoms with Gasteiger partial charge < -0.3 is 0 Å². The molecule has 0 saturated carbocycles. The number of hydrogen-bond donors (Lipinski definition) is 2. The van der Waals surface area contributed by atoms with Crippen LogP contribution in [0.1, 0.15) is 5.82 Å². The van der Waals surface area contributed by atoms with Gasteiger partial charge in [0.25, 0.3) is 0 Å². The molecule has 2 N–H and O–H groups in total. The predicted octanol–water partition coefficient (Wildman–Crippen LogP) is 2.35. The van der Waals surface area contributed by atoms with Crippen molar-refractivity contribution in [2.24, 2.45) is 0 Å². The van der Waals surface area contributed by atoms with Crippen LogP contribution in [0.2, 0.25) is 10.0 Å². The van der Waals surface area contributed by atoms with Crippen molar-refractivity contribution in [3.05, 3.63) is 57.2 Å². The number of para-hydroxylation sites is 1. The zero-order valence-corrected chi connectivity index (χ0v) is 12.7. The van der Waals surface area contributed by atoms with Gasteiger partial charge in [-0.05, 0) is 19.1 Å². The van der Waals surface area contributed by atoms with Gasteiger partial charge in [-0.1, -0.05) is 35.3 Å². The largest absolute Gasteiger partial charge is 0.357 e. The van der Waals surface area contributed by atoms with E-state index in [-0.39, 0.29) is 5.95 Å². The summed E-state index contributed by atoms with van der Waals surface area (Å²) in [5.74, 6) is 0.576. The summed E-state index contributed by atoms with van der Waals surface area (Å²) in [6.45, 7) is 5.73. The highest BCUT2D eigenvalue weighted by Crippen LogP contribution is 2.27. The third-order valence-electron chi connectivity index (χ3n) is 2.59. The molecule has 2 aromatic rings.